The number of esters is 1. The van der Waals surface area contributed by atoms with Gasteiger partial charge in [-0.2, -0.15) is 0 Å². The van der Waals surface area contributed by atoms with E-state index in [1.807, 2.05) is 25.1 Å². The number of pyridine rings is 1. The van der Waals surface area contributed by atoms with Gasteiger partial charge in [-0.25, -0.2) is 14.6 Å². The molecular weight excluding hydrogens is 334 g/mol. The van der Waals surface area contributed by atoms with Crippen molar-refractivity contribution in [1.29, 1.82) is 0 Å². The van der Waals surface area contributed by atoms with Crippen molar-refractivity contribution < 1.29 is 14.3 Å². The Bertz CT molecular complexity index is 934. The smallest absolute Gasteiger partial charge is 0.356 e. The van der Waals surface area contributed by atoms with Crippen LogP contribution >= 0.6 is 0 Å². The van der Waals surface area contributed by atoms with Gasteiger partial charge >= 0.3 is 12.0 Å². The minimum absolute atomic E-state index is 0.261. The van der Waals surface area contributed by atoms with Crippen LogP contribution in [-0.4, -0.2) is 29.1 Å². The molecule has 0 saturated heterocycles. The summed E-state index contributed by atoms with van der Waals surface area (Å²) in [6.07, 6.45) is 1.78. The SMILES string of the molecule is COC(=O)c1cc2cc(NCc3cc(NC(N)=O)ccc3C)c[nH]c-2n1. The summed E-state index contributed by atoms with van der Waals surface area (Å²) in [6, 6.07) is 8.55. The molecule has 8 nitrogen and oxygen atoms in total. The van der Waals surface area contributed by atoms with Crippen LogP contribution in [-0.2, 0) is 11.3 Å². The van der Waals surface area contributed by atoms with E-state index >= 15 is 0 Å². The molecule has 0 atom stereocenters. The van der Waals surface area contributed by atoms with E-state index in [4.69, 9.17) is 5.73 Å². The van der Waals surface area contributed by atoms with E-state index in [0.717, 1.165) is 22.4 Å². The number of carbonyl (C=O) groups is 2. The second-order valence-corrected chi connectivity index (χ2v) is 5.81. The predicted molar refractivity (Wildman–Crippen MR) is 98.3 cm³/mol. The second kappa shape index (κ2) is 7.14. The van der Waals surface area contributed by atoms with Gasteiger partial charge in [0.15, 0.2) is 5.69 Å². The molecular formula is C18H19N5O3. The molecule has 1 aromatic rings. The summed E-state index contributed by atoms with van der Waals surface area (Å²) >= 11 is 0. The van der Waals surface area contributed by atoms with E-state index in [2.05, 4.69) is 25.3 Å². The fourth-order valence-corrected chi connectivity index (χ4v) is 2.60. The number of primary amides is 1. The maximum atomic E-state index is 11.6. The van der Waals surface area contributed by atoms with E-state index in [1.54, 1.807) is 18.3 Å². The number of aromatic nitrogens is 2. The monoisotopic (exact) mass is 353 g/mol. The molecule has 0 saturated carbocycles. The molecule has 2 heterocycles. The number of nitrogens with one attached hydrogen (secondary N) is 3. The molecule has 26 heavy (non-hydrogen) atoms. The Hall–Kier alpha value is -3.55. The Labute approximate surface area is 150 Å². The first-order valence-electron chi connectivity index (χ1n) is 7.93. The van der Waals surface area contributed by atoms with Crippen molar-refractivity contribution in [1.82, 2.24) is 9.97 Å². The highest BCUT2D eigenvalue weighted by Gasteiger charge is 2.15. The number of aromatic amines is 1. The molecule has 0 spiro atoms. The molecule has 134 valence electrons. The van der Waals surface area contributed by atoms with E-state index in [9.17, 15) is 9.59 Å². The number of ether oxygens (including phenoxy) is 1. The molecule has 1 aromatic carbocycles. The van der Waals surface area contributed by atoms with Gasteiger partial charge < -0.3 is 26.1 Å². The first-order valence-corrected chi connectivity index (χ1v) is 7.93. The van der Waals surface area contributed by atoms with Gasteiger partial charge in [0, 0.05) is 24.0 Å². The first-order chi connectivity index (χ1) is 12.5. The zero-order valence-corrected chi connectivity index (χ0v) is 14.4. The highest BCUT2D eigenvalue weighted by Crippen LogP contribution is 2.25. The maximum Gasteiger partial charge on any atom is 0.356 e. The average Bonchev–Trinajstić information content (AvgIpc) is 3.04. The molecule has 8 heteroatoms. The number of fused-ring (bicyclic) bond motifs is 1. The summed E-state index contributed by atoms with van der Waals surface area (Å²) in [5.41, 5.74) is 9.81. The van der Waals surface area contributed by atoms with Gasteiger partial charge in [0.05, 0.1) is 12.8 Å². The summed E-state index contributed by atoms with van der Waals surface area (Å²) in [5.74, 6) is 0.137. The van der Waals surface area contributed by atoms with Gasteiger partial charge in [-0.15, -0.1) is 0 Å². The van der Waals surface area contributed by atoms with Crippen molar-refractivity contribution in [2.45, 2.75) is 13.5 Å². The number of nitrogens with zero attached hydrogens (tertiary/aromatic N) is 1. The molecule has 2 aliphatic heterocycles. The van der Waals surface area contributed by atoms with Crippen molar-refractivity contribution in [3.05, 3.63) is 53.3 Å². The summed E-state index contributed by atoms with van der Waals surface area (Å²) in [5, 5.41) is 5.87. The maximum absolute atomic E-state index is 11.6. The summed E-state index contributed by atoms with van der Waals surface area (Å²) in [4.78, 5) is 29.8. The zero-order chi connectivity index (χ0) is 18.7. The number of aryl methyl sites for hydroxylation is 1. The number of H-pyrrole nitrogens is 1. The second-order valence-electron chi connectivity index (χ2n) is 5.81. The van der Waals surface area contributed by atoms with Gasteiger partial charge in [0.2, 0.25) is 0 Å². The number of amides is 2. The Kier molecular flexibility index (Phi) is 4.74. The fraction of sp³-hybridized carbons (Fsp3) is 0.167. The Morgan fingerprint density at radius 1 is 1.23 bits per heavy atom. The molecule has 2 aliphatic rings. The van der Waals surface area contributed by atoms with Crippen LogP contribution in [0.15, 0.2) is 36.5 Å². The Morgan fingerprint density at radius 3 is 2.77 bits per heavy atom. The Morgan fingerprint density at radius 2 is 2.04 bits per heavy atom. The van der Waals surface area contributed by atoms with Crippen LogP contribution in [0.5, 0.6) is 0 Å². The van der Waals surface area contributed by atoms with Crippen LogP contribution in [0.4, 0.5) is 16.2 Å². The minimum atomic E-state index is -0.599. The molecule has 0 aromatic heterocycles. The summed E-state index contributed by atoms with van der Waals surface area (Å²) in [6.45, 7) is 2.54. The van der Waals surface area contributed by atoms with Crippen molar-refractivity contribution in [3.63, 3.8) is 0 Å². The number of hydrogen-bond acceptors (Lipinski definition) is 5. The number of hydrogen-bond donors (Lipinski definition) is 4. The third-order valence-electron chi connectivity index (χ3n) is 3.97. The van der Waals surface area contributed by atoms with E-state index < -0.39 is 12.0 Å². The van der Waals surface area contributed by atoms with E-state index in [-0.39, 0.29) is 5.69 Å². The predicted octanol–water partition coefficient (Wildman–Crippen LogP) is 2.71. The molecule has 0 bridgehead atoms. The quantitative estimate of drug-likeness (QED) is 0.525. The molecule has 2 amide bonds. The summed E-state index contributed by atoms with van der Waals surface area (Å²) < 4.78 is 4.68. The lowest BCUT2D eigenvalue weighted by molar-refractivity contribution is 0.0595. The normalized spacial score (nSPS) is 10.5. The van der Waals surface area contributed by atoms with Crippen LogP contribution in [0, 0.1) is 6.92 Å². The number of carbonyl (C=O) groups excluding carboxylic acids is 2. The van der Waals surface area contributed by atoms with Crippen molar-refractivity contribution in [3.8, 4) is 11.4 Å². The topological polar surface area (TPSA) is 122 Å². The van der Waals surface area contributed by atoms with Gasteiger partial charge in [-0.1, -0.05) is 6.07 Å². The van der Waals surface area contributed by atoms with Gasteiger partial charge in [-0.3, -0.25) is 0 Å². The first kappa shape index (κ1) is 17.3. The largest absolute Gasteiger partial charge is 0.464 e. The number of nitrogens with two attached hydrogens (primary N) is 1. The third-order valence-corrected chi connectivity index (χ3v) is 3.97. The standard InChI is InChI=1S/C18H19N5O3/c1-10-3-4-13(22-18(19)25)6-12(10)8-20-14-5-11-7-15(17(24)26-2)23-16(11)21-9-14/h3-7,9,20H,8H2,1-2H3,(H,21,23)(H3,19,22,25). The molecule has 3 rings (SSSR count). The van der Waals surface area contributed by atoms with Gasteiger partial charge in [-0.05, 0) is 42.3 Å². The van der Waals surface area contributed by atoms with Gasteiger partial charge in [0.1, 0.15) is 5.82 Å². The van der Waals surface area contributed by atoms with Crippen LogP contribution in [0.1, 0.15) is 21.6 Å². The lowest BCUT2D eigenvalue weighted by Crippen LogP contribution is -2.19. The third kappa shape index (κ3) is 3.75. The molecule has 0 radical (unpaired) electrons. The lowest BCUT2D eigenvalue weighted by Gasteiger charge is -2.12. The average molecular weight is 353 g/mol. The van der Waals surface area contributed by atoms with E-state index in [0.29, 0.717) is 18.1 Å². The van der Waals surface area contributed by atoms with Crippen molar-refractivity contribution in [2.75, 3.05) is 17.7 Å². The minimum Gasteiger partial charge on any atom is -0.464 e. The molecule has 0 aliphatic carbocycles. The summed E-state index contributed by atoms with van der Waals surface area (Å²) in [7, 11) is 1.32. The van der Waals surface area contributed by atoms with Gasteiger partial charge in [0.25, 0.3) is 0 Å². The van der Waals surface area contributed by atoms with Crippen molar-refractivity contribution >= 4 is 23.4 Å². The number of methoxy groups -OCH3 is 1. The van der Waals surface area contributed by atoms with Crippen LogP contribution in [0.3, 0.4) is 0 Å². The number of benzene rings is 1. The van der Waals surface area contributed by atoms with Crippen molar-refractivity contribution in [2.24, 2.45) is 5.73 Å². The molecule has 0 fully saturated rings. The number of urea groups is 1. The molecule has 5 N–H and O–H groups in total. The van der Waals surface area contributed by atoms with Crippen LogP contribution in [0.25, 0.3) is 11.4 Å². The number of anilines is 2. The fourth-order valence-electron chi connectivity index (χ4n) is 2.60. The molecule has 0 unspecified atom stereocenters. The lowest BCUT2D eigenvalue weighted by atomic mass is 10.1. The highest BCUT2D eigenvalue weighted by atomic mass is 16.5. The zero-order valence-electron chi connectivity index (χ0n) is 14.4. The Balaban J connectivity index is 1.76. The van der Waals surface area contributed by atoms with E-state index in [1.165, 1.54) is 7.11 Å². The van der Waals surface area contributed by atoms with Crippen LogP contribution < -0.4 is 16.4 Å². The number of rotatable bonds is 5. The highest BCUT2D eigenvalue weighted by molar-refractivity contribution is 5.90. The van der Waals surface area contributed by atoms with Crippen LogP contribution in [0.2, 0.25) is 0 Å².